The first-order valence-electron chi connectivity index (χ1n) is 5.73. The number of rotatable bonds is 4. The van der Waals surface area contributed by atoms with E-state index in [-0.39, 0.29) is 16.5 Å². The summed E-state index contributed by atoms with van der Waals surface area (Å²) >= 11 is 9.21. The van der Waals surface area contributed by atoms with Crippen LogP contribution in [0.5, 0.6) is 0 Å². The van der Waals surface area contributed by atoms with Crippen molar-refractivity contribution in [2.75, 3.05) is 0 Å². The van der Waals surface area contributed by atoms with E-state index in [1.54, 1.807) is 30.1 Å². The van der Waals surface area contributed by atoms with Crippen molar-refractivity contribution in [3.05, 3.63) is 45.1 Å². The van der Waals surface area contributed by atoms with Gasteiger partial charge in [-0.05, 0) is 25.1 Å². The molecule has 0 unspecified atom stereocenters. The van der Waals surface area contributed by atoms with E-state index in [1.165, 1.54) is 6.07 Å². The maximum Gasteiger partial charge on any atom is 0.242 e. The topological polar surface area (TPSA) is 64.0 Å². The Hall–Kier alpha value is -0.890. The Balaban J connectivity index is 2.21. The van der Waals surface area contributed by atoms with Gasteiger partial charge in [-0.15, -0.1) is 0 Å². The van der Waals surface area contributed by atoms with Crippen molar-refractivity contribution in [1.29, 1.82) is 0 Å². The molecule has 0 bridgehead atoms. The van der Waals surface area contributed by atoms with Crippen molar-refractivity contribution < 1.29 is 8.42 Å². The average molecular weight is 379 g/mol. The Morgan fingerprint density at radius 2 is 2.15 bits per heavy atom. The molecule has 1 aromatic heterocycles. The van der Waals surface area contributed by atoms with Crippen molar-refractivity contribution in [2.24, 2.45) is 7.05 Å². The molecule has 1 aromatic carbocycles. The third-order valence-corrected chi connectivity index (χ3v) is 5.13. The molecular weight excluding hydrogens is 366 g/mol. The minimum atomic E-state index is -3.65. The van der Waals surface area contributed by atoms with Crippen LogP contribution in [-0.2, 0) is 23.6 Å². The van der Waals surface area contributed by atoms with Crippen molar-refractivity contribution in [2.45, 2.75) is 18.4 Å². The summed E-state index contributed by atoms with van der Waals surface area (Å²) in [5.74, 6) is 0. The fraction of sp³-hybridized carbons (Fsp3) is 0.250. The van der Waals surface area contributed by atoms with Gasteiger partial charge >= 0.3 is 0 Å². The van der Waals surface area contributed by atoms with E-state index in [1.807, 2.05) is 6.92 Å². The summed E-state index contributed by atoms with van der Waals surface area (Å²) in [4.78, 5) is 0.0592. The summed E-state index contributed by atoms with van der Waals surface area (Å²) in [6, 6.07) is 4.64. The zero-order valence-corrected chi connectivity index (χ0v) is 14.1. The molecule has 108 valence electrons. The number of hydrogen-bond donors (Lipinski definition) is 1. The van der Waals surface area contributed by atoms with Crippen LogP contribution in [0.2, 0.25) is 5.02 Å². The fourth-order valence-electron chi connectivity index (χ4n) is 1.77. The van der Waals surface area contributed by atoms with Crippen LogP contribution in [0.1, 0.15) is 11.3 Å². The van der Waals surface area contributed by atoms with E-state index in [2.05, 4.69) is 25.8 Å². The number of sulfonamides is 1. The number of hydrogen-bond acceptors (Lipinski definition) is 3. The highest BCUT2D eigenvalue weighted by Crippen LogP contribution is 2.25. The van der Waals surface area contributed by atoms with Crippen molar-refractivity contribution in [1.82, 2.24) is 14.5 Å². The minimum Gasteiger partial charge on any atom is -0.275 e. The smallest absolute Gasteiger partial charge is 0.242 e. The predicted molar refractivity (Wildman–Crippen MR) is 81.1 cm³/mol. The second-order valence-electron chi connectivity index (χ2n) is 4.31. The Morgan fingerprint density at radius 1 is 1.45 bits per heavy atom. The van der Waals surface area contributed by atoms with E-state index in [9.17, 15) is 8.42 Å². The van der Waals surface area contributed by atoms with Crippen molar-refractivity contribution in [3.8, 4) is 0 Å². The SMILES string of the molecule is Cc1nn(C)cc1CNS(=O)(=O)c1ccc(Br)cc1Cl. The van der Waals surface area contributed by atoms with Gasteiger partial charge in [0.05, 0.1) is 10.7 Å². The van der Waals surface area contributed by atoms with Crippen molar-refractivity contribution in [3.63, 3.8) is 0 Å². The van der Waals surface area contributed by atoms with Gasteiger partial charge in [0.1, 0.15) is 4.90 Å². The molecule has 0 aliphatic carbocycles. The molecule has 8 heteroatoms. The van der Waals surface area contributed by atoms with Crippen LogP contribution < -0.4 is 4.72 Å². The molecule has 0 saturated carbocycles. The van der Waals surface area contributed by atoms with Gasteiger partial charge in [0.15, 0.2) is 0 Å². The maximum absolute atomic E-state index is 12.2. The van der Waals surface area contributed by atoms with E-state index < -0.39 is 10.0 Å². The highest BCUT2D eigenvalue weighted by atomic mass is 79.9. The maximum atomic E-state index is 12.2. The number of nitrogens with zero attached hydrogens (tertiary/aromatic N) is 2. The van der Waals surface area contributed by atoms with Crippen LogP contribution >= 0.6 is 27.5 Å². The first kappa shape index (κ1) is 15.5. The zero-order valence-electron chi connectivity index (χ0n) is 10.9. The second kappa shape index (κ2) is 5.85. The average Bonchev–Trinajstić information content (AvgIpc) is 2.65. The molecular formula is C12H13BrClN3O2S. The standard InChI is InChI=1S/C12H13BrClN3O2S/c1-8-9(7-17(2)16-8)6-15-20(18,19)12-4-3-10(13)5-11(12)14/h3-5,7,15H,6H2,1-2H3. The molecule has 0 aliphatic rings. The largest absolute Gasteiger partial charge is 0.275 e. The summed E-state index contributed by atoms with van der Waals surface area (Å²) < 4.78 is 29.3. The van der Waals surface area contributed by atoms with Crippen LogP contribution in [-0.4, -0.2) is 18.2 Å². The van der Waals surface area contributed by atoms with Crippen LogP contribution in [0.25, 0.3) is 0 Å². The predicted octanol–water partition coefficient (Wildman–Crippen LogP) is 2.62. The van der Waals surface area contributed by atoms with Crippen LogP contribution in [0.15, 0.2) is 33.8 Å². The highest BCUT2D eigenvalue weighted by Gasteiger charge is 2.18. The van der Waals surface area contributed by atoms with Gasteiger partial charge in [0.25, 0.3) is 0 Å². The molecule has 0 saturated heterocycles. The molecule has 0 fully saturated rings. The van der Waals surface area contributed by atoms with E-state index >= 15 is 0 Å². The Labute approximate surface area is 131 Å². The number of benzene rings is 1. The molecule has 1 N–H and O–H groups in total. The first-order valence-corrected chi connectivity index (χ1v) is 8.39. The van der Waals surface area contributed by atoms with E-state index in [4.69, 9.17) is 11.6 Å². The molecule has 20 heavy (non-hydrogen) atoms. The van der Waals surface area contributed by atoms with Gasteiger partial charge in [-0.1, -0.05) is 27.5 Å². The lowest BCUT2D eigenvalue weighted by Crippen LogP contribution is -2.23. The quantitative estimate of drug-likeness (QED) is 0.889. The summed E-state index contributed by atoms with van der Waals surface area (Å²) in [5.41, 5.74) is 1.61. The lowest BCUT2D eigenvalue weighted by atomic mass is 10.3. The van der Waals surface area contributed by atoms with Gasteiger partial charge in [0, 0.05) is 29.8 Å². The minimum absolute atomic E-state index is 0.0592. The lowest BCUT2D eigenvalue weighted by molar-refractivity contribution is 0.581. The van der Waals surface area contributed by atoms with Gasteiger partial charge in [-0.3, -0.25) is 4.68 Å². The normalized spacial score (nSPS) is 11.8. The number of aryl methyl sites for hydroxylation is 2. The highest BCUT2D eigenvalue weighted by molar-refractivity contribution is 9.10. The number of halogens is 2. The fourth-order valence-corrected chi connectivity index (χ4v) is 3.81. The molecule has 0 spiro atoms. The van der Waals surface area contributed by atoms with Crippen LogP contribution in [0.4, 0.5) is 0 Å². The Bertz CT molecular complexity index is 743. The summed E-state index contributed by atoms with van der Waals surface area (Å²) in [6.45, 7) is 2.00. The van der Waals surface area contributed by atoms with Gasteiger partial charge in [0.2, 0.25) is 10.0 Å². The number of aromatic nitrogens is 2. The molecule has 0 radical (unpaired) electrons. The first-order chi connectivity index (χ1) is 9.29. The van der Waals surface area contributed by atoms with E-state index in [0.717, 1.165) is 15.7 Å². The van der Waals surface area contributed by atoms with Crippen molar-refractivity contribution >= 4 is 37.6 Å². The number of nitrogens with one attached hydrogen (secondary N) is 1. The Morgan fingerprint density at radius 3 is 2.70 bits per heavy atom. The van der Waals surface area contributed by atoms with Crippen LogP contribution in [0, 0.1) is 6.92 Å². The summed E-state index contributed by atoms with van der Waals surface area (Å²) in [5, 5.41) is 4.34. The molecule has 2 aromatic rings. The van der Waals surface area contributed by atoms with Gasteiger partial charge < -0.3 is 0 Å². The monoisotopic (exact) mass is 377 g/mol. The van der Waals surface area contributed by atoms with E-state index in [0.29, 0.717) is 0 Å². The zero-order chi connectivity index (χ0) is 14.9. The Kier molecular flexibility index (Phi) is 4.53. The lowest BCUT2D eigenvalue weighted by Gasteiger charge is -2.08. The summed E-state index contributed by atoms with van der Waals surface area (Å²) in [7, 11) is -1.86. The summed E-state index contributed by atoms with van der Waals surface area (Å²) in [6.07, 6.45) is 1.78. The molecule has 5 nitrogen and oxygen atoms in total. The third-order valence-electron chi connectivity index (χ3n) is 2.75. The van der Waals surface area contributed by atoms with Crippen LogP contribution in [0.3, 0.4) is 0 Å². The molecule has 0 amide bonds. The van der Waals surface area contributed by atoms with Gasteiger partial charge in [-0.25, -0.2) is 13.1 Å². The molecule has 0 aliphatic heterocycles. The molecule has 1 heterocycles. The third kappa shape index (κ3) is 3.41. The molecule has 2 rings (SSSR count). The van der Waals surface area contributed by atoms with Gasteiger partial charge in [-0.2, -0.15) is 5.10 Å². The second-order valence-corrected chi connectivity index (χ2v) is 7.37. The molecule has 0 atom stereocenters.